The van der Waals surface area contributed by atoms with Crippen LogP contribution < -0.4 is 10.1 Å². The number of aryl methyl sites for hydroxylation is 2. The Bertz CT molecular complexity index is 1080. The van der Waals surface area contributed by atoms with Crippen LogP contribution in [0, 0.1) is 13.8 Å². The van der Waals surface area contributed by atoms with Crippen LogP contribution in [0.2, 0.25) is 0 Å². The number of nitrogens with one attached hydrogen (secondary N) is 1. The smallest absolute Gasteiger partial charge is 0.323 e. The van der Waals surface area contributed by atoms with E-state index < -0.39 is 23.2 Å². The van der Waals surface area contributed by atoms with Gasteiger partial charge in [0.2, 0.25) is 0 Å². The molecule has 0 radical (unpaired) electrons. The van der Waals surface area contributed by atoms with Crippen LogP contribution in [-0.4, -0.2) is 71.8 Å². The summed E-state index contributed by atoms with van der Waals surface area (Å²) < 4.78 is 12.2. The molecule has 3 aliphatic heterocycles. The Morgan fingerprint density at radius 1 is 1.31 bits per heavy atom. The average molecular weight is 483 g/mol. The van der Waals surface area contributed by atoms with Gasteiger partial charge in [0.15, 0.2) is 11.9 Å². The second kappa shape index (κ2) is 8.71. The maximum absolute atomic E-state index is 13.2. The minimum Gasteiger partial charge on any atom is -0.484 e. The van der Waals surface area contributed by atoms with Crippen molar-refractivity contribution in [1.82, 2.24) is 10.2 Å². The lowest BCUT2D eigenvalue weighted by Gasteiger charge is -2.59. The first-order chi connectivity index (χ1) is 16.6. The van der Waals surface area contributed by atoms with Crippen molar-refractivity contribution in [3.8, 4) is 5.75 Å². The lowest BCUT2D eigenvalue weighted by molar-refractivity contribution is -0.156. The molecule has 0 bridgehead atoms. The van der Waals surface area contributed by atoms with Crippen molar-refractivity contribution in [2.45, 2.75) is 95.1 Å². The first-order valence-electron chi connectivity index (χ1n) is 13.0. The summed E-state index contributed by atoms with van der Waals surface area (Å²) in [6.45, 7) is 9.50. The highest BCUT2D eigenvalue weighted by molar-refractivity contribution is 5.88. The highest BCUT2D eigenvalue weighted by Crippen LogP contribution is 2.61. The van der Waals surface area contributed by atoms with Crippen molar-refractivity contribution in [3.63, 3.8) is 0 Å². The van der Waals surface area contributed by atoms with Gasteiger partial charge in [-0.2, -0.15) is 0 Å². The predicted octanol–water partition coefficient (Wildman–Crippen LogP) is 2.73. The van der Waals surface area contributed by atoms with E-state index >= 15 is 0 Å². The van der Waals surface area contributed by atoms with Gasteiger partial charge in [0.25, 0.3) is 0 Å². The molecule has 190 valence electrons. The van der Waals surface area contributed by atoms with Crippen molar-refractivity contribution in [2.75, 3.05) is 20.1 Å². The largest absolute Gasteiger partial charge is 0.484 e. The van der Waals surface area contributed by atoms with Crippen LogP contribution >= 0.6 is 0 Å². The molecule has 1 aromatic carbocycles. The highest BCUT2D eigenvalue weighted by Gasteiger charge is 2.68. The Kier molecular flexibility index (Phi) is 6.09. The maximum Gasteiger partial charge on any atom is 0.323 e. The van der Waals surface area contributed by atoms with Gasteiger partial charge in [-0.25, -0.2) is 0 Å². The number of likely N-dealkylation sites (tertiary alicyclic amines) is 1. The fourth-order valence-electron chi connectivity index (χ4n) is 6.90. The van der Waals surface area contributed by atoms with E-state index in [1.54, 1.807) is 6.92 Å². The van der Waals surface area contributed by atoms with Gasteiger partial charge in [-0.15, -0.1) is 0 Å². The zero-order valence-electron chi connectivity index (χ0n) is 21.5. The quantitative estimate of drug-likeness (QED) is 0.493. The molecule has 4 aliphatic rings. The summed E-state index contributed by atoms with van der Waals surface area (Å²) in [6, 6.07) is 3.78. The molecule has 0 amide bonds. The van der Waals surface area contributed by atoms with Crippen molar-refractivity contribution in [1.29, 1.82) is 0 Å². The van der Waals surface area contributed by atoms with E-state index in [1.807, 2.05) is 13.0 Å². The Morgan fingerprint density at radius 3 is 2.77 bits per heavy atom. The third kappa shape index (κ3) is 3.58. The lowest BCUT2D eigenvalue weighted by Crippen LogP contribution is -2.71. The number of hydrogen-bond acceptors (Lipinski definition) is 7. The molecule has 5 rings (SSSR count). The number of carbonyl (C=O) groups excluding carboxylic acids is 2. The molecule has 2 saturated heterocycles. The van der Waals surface area contributed by atoms with Crippen molar-refractivity contribution < 1.29 is 24.2 Å². The van der Waals surface area contributed by atoms with E-state index in [0.29, 0.717) is 6.42 Å². The van der Waals surface area contributed by atoms with Crippen molar-refractivity contribution in [3.05, 3.63) is 40.5 Å². The number of nitrogens with zero attached hydrogens (tertiary/aromatic N) is 1. The van der Waals surface area contributed by atoms with Crippen LogP contribution in [0.3, 0.4) is 0 Å². The molecule has 0 aromatic heterocycles. The fraction of sp³-hybridized carbons (Fsp3) is 0.643. The molecule has 35 heavy (non-hydrogen) atoms. The minimum absolute atomic E-state index is 0.0690. The summed E-state index contributed by atoms with van der Waals surface area (Å²) in [6.07, 6.45) is 3.77. The van der Waals surface area contributed by atoms with E-state index in [9.17, 15) is 14.7 Å². The molecule has 2 N–H and O–H groups in total. The minimum atomic E-state index is -1.02. The Morgan fingerprint density at radius 2 is 2.06 bits per heavy atom. The summed E-state index contributed by atoms with van der Waals surface area (Å²) >= 11 is 0. The molecule has 1 spiro atoms. The highest BCUT2D eigenvalue weighted by atomic mass is 16.5. The van der Waals surface area contributed by atoms with Gasteiger partial charge in [0, 0.05) is 18.0 Å². The molecular formula is C28H38N2O5. The number of hydrogen-bond donors (Lipinski definition) is 2. The van der Waals surface area contributed by atoms with Crippen LogP contribution in [-0.2, 0) is 19.7 Å². The molecule has 7 heteroatoms. The first kappa shape index (κ1) is 24.5. The molecule has 6 atom stereocenters. The fourth-order valence-corrected chi connectivity index (χ4v) is 6.90. The van der Waals surface area contributed by atoms with E-state index in [1.165, 1.54) is 0 Å². The van der Waals surface area contributed by atoms with Gasteiger partial charge in [-0.05, 0) is 90.2 Å². The standard InChI is InChI=1S/C28H38N2O5/c1-16-8-9-17(2)24-23(16)27-12-14-30(5)19(4)28(27,33)11-10-20(25(27)35-24)15-22(31)18(3)34-26(32)21-7-6-13-29-21/h8-10,18-19,21,25,29,33H,6-7,11-15H2,1-5H3. The normalized spacial score (nSPS) is 34.8. The van der Waals surface area contributed by atoms with E-state index in [4.69, 9.17) is 9.47 Å². The Labute approximate surface area is 207 Å². The monoisotopic (exact) mass is 482 g/mol. The predicted molar refractivity (Wildman–Crippen MR) is 133 cm³/mol. The van der Waals surface area contributed by atoms with Crippen LogP contribution in [0.4, 0.5) is 0 Å². The van der Waals surface area contributed by atoms with Gasteiger partial charge in [0.1, 0.15) is 17.9 Å². The van der Waals surface area contributed by atoms with Crippen LogP contribution in [0.25, 0.3) is 0 Å². The lowest BCUT2D eigenvalue weighted by atomic mass is 9.53. The van der Waals surface area contributed by atoms with Crippen LogP contribution in [0.15, 0.2) is 23.8 Å². The van der Waals surface area contributed by atoms with Crippen LogP contribution in [0.5, 0.6) is 5.75 Å². The summed E-state index contributed by atoms with van der Waals surface area (Å²) in [5.41, 5.74) is 2.49. The number of likely N-dealkylation sites (N-methyl/N-ethyl adjacent to an activating group) is 1. The summed E-state index contributed by atoms with van der Waals surface area (Å²) in [4.78, 5) is 27.9. The third-order valence-electron chi connectivity index (χ3n) is 9.16. The van der Waals surface area contributed by atoms with Gasteiger partial charge in [0.05, 0.1) is 11.0 Å². The number of rotatable bonds is 5. The summed E-state index contributed by atoms with van der Waals surface area (Å²) in [7, 11) is 2.06. The molecule has 6 unspecified atom stereocenters. The molecule has 1 aliphatic carbocycles. The summed E-state index contributed by atoms with van der Waals surface area (Å²) in [5, 5.41) is 15.5. The van der Waals surface area contributed by atoms with Crippen LogP contribution in [0.1, 0.15) is 62.6 Å². The average Bonchev–Trinajstić information content (AvgIpc) is 3.48. The van der Waals surface area contributed by atoms with E-state index in [0.717, 1.165) is 60.4 Å². The van der Waals surface area contributed by atoms with Crippen molar-refractivity contribution >= 4 is 11.8 Å². The number of benzene rings is 1. The maximum atomic E-state index is 13.2. The Hall–Kier alpha value is -2.22. The summed E-state index contributed by atoms with van der Waals surface area (Å²) in [5.74, 6) is 0.348. The number of ketones is 1. The number of aliphatic hydroxyl groups is 1. The second-order valence-corrected chi connectivity index (χ2v) is 11.1. The second-order valence-electron chi connectivity index (χ2n) is 11.1. The van der Waals surface area contributed by atoms with Gasteiger partial charge in [-0.3, -0.25) is 9.59 Å². The molecule has 2 fully saturated rings. The number of carbonyl (C=O) groups is 2. The topological polar surface area (TPSA) is 88.1 Å². The number of esters is 1. The third-order valence-corrected chi connectivity index (χ3v) is 9.16. The zero-order chi connectivity index (χ0) is 25.1. The van der Waals surface area contributed by atoms with Gasteiger partial charge in [-0.1, -0.05) is 18.2 Å². The van der Waals surface area contributed by atoms with E-state index in [2.05, 4.69) is 43.2 Å². The zero-order valence-corrected chi connectivity index (χ0v) is 21.5. The molecular weight excluding hydrogens is 444 g/mol. The number of Topliss-reactive ketones (excluding diaryl/α,β-unsaturated/α-hetero) is 1. The van der Waals surface area contributed by atoms with Gasteiger partial charge < -0.3 is 24.8 Å². The van der Waals surface area contributed by atoms with Gasteiger partial charge >= 0.3 is 5.97 Å². The Balaban J connectivity index is 1.47. The molecule has 1 aromatic rings. The van der Waals surface area contributed by atoms with Crippen molar-refractivity contribution in [2.24, 2.45) is 0 Å². The molecule has 3 heterocycles. The number of fused-ring (bicyclic) bond motifs is 1. The van der Waals surface area contributed by atoms with E-state index in [-0.39, 0.29) is 30.3 Å². The molecule has 7 nitrogen and oxygen atoms in total. The number of piperidine rings is 1. The first-order valence-corrected chi connectivity index (χ1v) is 13.0. The molecule has 0 saturated carbocycles. The number of ether oxygens (including phenoxy) is 2. The SMILES string of the molecule is Cc1ccc(C)c2c1OC1C(CC(=O)C(C)OC(=O)C3CCCN3)=CCC3(O)C(C)N(C)CCC213.